The lowest BCUT2D eigenvalue weighted by Crippen LogP contribution is -2.39. The number of amides is 3. The fraction of sp³-hybridized carbons (Fsp3) is 0.321. The van der Waals surface area contributed by atoms with Crippen LogP contribution in [0.1, 0.15) is 58.9 Å². The Morgan fingerprint density at radius 3 is 2.65 bits per heavy atom. The van der Waals surface area contributed by atoms with Gasteiger partial charge in [-0.2, -0.15) is 0 Å². The molecule has 1 unspecified atom stereocenters. The average molecular weight is 502 g/mol. The van der Waals surface area contributed by atoms with Crippen molar-refractivity contribution in [3.8, 4) is 0 Å². The van der Waals surface area contributed by atoms with Crippen molar-refractivity contribution in [2.45, 2.75) is 58.2 Å². The zero-order valence-electron chi connectivity index (χ0n) is 20.8. The SMILES string of the molecule is CCCC(=O)Nc1ncc2c(n1)CCC(NC(=O)c1ccccc1CNC(=O)OCc1ccccc1)C2. The molecule has 0 aliphatic heterocycles. The van der Waals surface area contributed by atoms with Gasteiger partial charge in [-0.15, -0.1) is 0 Å². The van der Waals surface area contributed by atoms with Crippen molar-refractivity contribution in [1.29, 1.82) is 0 Å². The molecule has 1 aromatic heterocycles. The van der Waals surface area contributed by atoms with Gasteiger partial charge >= 0.3 is 6.09 Å². The summed E-state index contributed by atoms with van der Waals surface area (Å²) in [5.74, 6) is 0.0253. The number of hydrogen-bond donors (Lipinski definition) is 3. The molecule has 0 saturated carbocycles. The Balaban J connectivity index is 1.31. The van der Waals surface area contributed by atoms with Crippen molar-refractivity contribution in [3.63, 3.8) is 0 Å². The largest absolute Gasteiger partial charge is 0.445 e. The van der Waals surface area contributed by atoms with E-state index in [1.807, 2.05) is 49.4 Å². The maximum Gasteiger partial charge on any atom is 0.407 e. The van der Waals surface area contributed by atoms with E-state index in [2.05, 4.69) is 25.9 Å². The van der Waals surface area contributed by atoms with E-state index in [-0.39, 0.29) is 31.0 Å². The van der Waals surface area contributed by atoms with Crippen molar-refractivity contribution < 1.29 is 19.1 Å². The Labute approximate surface area is 216 Å². The molecule has 1 heterocycles. The van der Waals surface area contributed by atoms with Crippen LogP contribution in [-0.4, -0.2) is 33.9 Å². The van der Waals surface area contributed by atoms with Crippen molar-refractivity contribution >= 4 is 23.9 Å². The van der Waals surface area contributed by atoms with Gasteiger partial charge in [0, 0.05) is 36.5 Å². The maximum atomic E-state index is 13.1. The number of carbonyl (C=O) groups is 3. The van der Waals surface area contributed by atoms with Crippen molar-refractivity contribution in [1.82, 2.24) is 20.6 Å². The van der Waals surface area contributed by atoms with Gasteiger partial charge in [0.15, 0.2) is 0 Å². The van der Waals surface area contributed by atoms with Crippen LogP contribution in [0.4, 0.5) is 10.7 Å². The van der Waals surface area contributed by atoms with E-state index in [9.17, 15) is 14.4 Å². The van der Waals surface area contributed by atoms with Crippen LogP contribution < -0.4 is 16.0 Å². The Hall–Kier alpha value is -4.27. The molecular formula is C28H31N5O4. The molecule has 0 spiro atoms. The second-order valence-corrected chi connectivity index (χ2v) is 8.95. The number of carbonyl (C=O) groups excluding carboxylic acids is 3. The molecule has 4 rings (SSSR count). The van der Waals surface area contributed by atoms with E-state index in [0.717, 1.165) is 29.7 Å². The van der Waals surface area contributed by atoms with E-state index >= 15 is 0 Å². The number of hydrogen-bond acceptors (Lipinski definition) is 6. The summed E-state index contributed by atoms with van der Waals surface area (Å²) in [5, 5.41) is 8.56. The minimum absolute atomic E-state index is 0.0685. The minimum Gasteiger partial charge on any atom is -0.445 e. The smallest absolute Gasteiger partial charge is 0.407 e. The molecule has 37 heavy (non-hydrogen) atoms. The van der Waals surface area contributed by atoms with Crippen molar-refractivity contribution in [2.24, 2.45) is 0 Å². The maximum absolute atomic E-state index is 13.1. The lowest BCUT2D eigenvalue weighted by molar-refractivity contribution is -0.116. The van der Waals surface area contributed by atoms with Gasteiger partial charge in [-0.1, -0.05) is 55.5 Å². The molecule has 9 nitrogen and oxygen atoms in total. The highest BCUT2D eigenvalue weighted by molar-refractivity contribution is 5.96. The lowest BCUT2D eigenvalue weighted by Gasteiger charge is -2.25. The number of benzene rings is 2. The van der Waals surface area contributed by atoms with Gasteiger partial charge in [-0.3, -0.25) is 14.9 Å². The number of fused-ring (bicyclic) bond motifs is 1. The van der Waals surface area contributed by atoms with Gasteiger partial charge in [-0.25, -0.2) is 14.8 Å². The third-order valence-electron chi connectivity index (χ3n) is 6.11. The van der Waals surface area contributed by atoms with E-state index in [1.54, 1.807) is 18.3 Å². The molecule has 1 aliphatic rings. The van der Waals surface area contributed by atoms with Gasteiger partial charge in [0.1, 0.15) is 6.61 Å². The molecule has 0 fully saturated rings. The Morgan fingerprint density at radius 1 is 1.05 bits per heavy atom. The van der Waals surface area contributed by atoms with Gasteiger partial charge in [0.2, 0.25) is 11.9 Å². The highest BCUT2D eigenvalue weighted by Gasteiger charge is 2.23. The van der Waals surface area contributed by atoms with Gasteiger partial charge in [-0.05, 0) is 48.4 Å². The normalized spacial score (nSPS) is 14.2. The van der Waals surface area contributed by atoms with E-state index in [1.165, 1.54) is 0 Å². The first kappa shape index (κ1) is 25.8. The summed E-state index contributed by atoms with van der Waals surface area (Å²) in [4.78, 5) is 45.8. The zero-order valence-corrected chi connectivity index (χ0v) is 20.8. The molecule has 3 aromatic rings. The number of anilines is 1. The predicted octanol–water partition coefficient (Wildman–Crippen LogP) is 3.93. The summed E-state index contributed by atoms with van der Waals surface area (Å²) in [6, 6.07) is 16.5. The third kappa shape index (κ3) is 7.36. The summed E-state index contributed by atoms with van der Waals surface area (Å²) in [5.41, 5.74) is 3.95. The summed E-state index contributed by atoms with van der Waals surface area (Å²) in [6.45, 7) is 2.29. The van der Waals surface area contributed by atoms with Gasteiger partial charge in [0.25, 0.3) is 5.91 Å². The van der Waals surface area contributed by atoms with E-state index in [0.29, 0.717) is 36.3 Å². The lowest BCUT2D eigenvalue weighted by atomic mass is 9.92. The summed E-state index contributed by atoms with van der Waals surface area (Å²) >= 11 is 0. The predicted molar refractivity (Wildman–Crippen MR) is 139 cm³/mol. The molecule has 192 valence electrons. The number of aromatic nitrogens is 2. The molecule has 3 N–H and O–H groups in total. The zero-order chi connectivity index (χ0) is 26.0. The van der Waals surface area contributed by atoms with Crippen LogP contribution in [0, 0.1) is 0 Å². The third-order valence-corrected chi connectivity index (χ3v) is 6.11. The number of rotatable bonds is 9. The van der Waals surface area contributed by atoms with Gasteiger partial charge in [0.05, 0.1) is 0 Å². The number of ether oxygens (including phenoxy) is 1. The van der Waals surface area contributed by atoms with E-state index < -0.39 is 6.09 Å². The van der Waals surface area contributed by atoms with Crippen LogP contribution >= 0.6 is 0 Å². The summed E-state index contributed by atoms with van der Waals surface area (Å²) in [7, 11) is 0. The van der Waals surface area contributed by atoms with Gasteiger partial charge < -0.3 is 15.4 Å². The second-order valence-electron chi connectivity index (χ2n) is 8.95. The van der Waals surface area contributed by atoms with Crippen LogP contribution in [0.25, 0.3) is 0 Å². The average Bonchev–Trinajstić information content (AvgIpc) is 2.91. The molecule has 2 aromatic carbocycles. The van der Waals surface area contributed by atoms with Crippen LogP contribution in [0.2, 0.25) is 0 Å². The van der Waals surface area contributed by atoms with Crippen LogP contribution in [0.15, 0.2) is 60.8 Å². The Kier molecular flexibility index (Phi) is 8.80. The van der Waals surface area contributed by atoms with Crippen molar-refractivity contribution in [3.05, 3.63) is 88.7 Å². The highest BCUT2D eigenvalue weighted by atomic mass is 16.5. The first-order valence-electron chi connectivity index (χ1n) is 12.5. The number of aryl methyl sites for hydroxylation is 1. The fourth-order valence-electron chi connectivity index (χ4n) is 4.21. The Morgan fingerprint density at radius 2 is 1.84 bits per heavy atom. The number of alkyl carbamates (subject to hydrolysis) is 1. The topological polar surface area (TPSA) is 122 Å². The standard InChI is InChI=1S/C28H31N5O4/c1-2-8-25(34)33-27-29-17-21-15-22(13-14-24(21)32-27)31-26(35)23-12-7-6-11-20(23)16-30-28(36)37-18-19-9-4-3-5-10-19/h3-7,9-12,17,22H,2,8,13-16,18H2,1H3,(H,30,36)(H,31,35)(H,29,32,33,34). The monoisotopic (exact) mass is 501 g/mol. The number of nitrogens with one attached hydrogen (secondary N) is 3. The van der Waals surface area contributed by atoms with Crippen molar-refractivity contribution in [2.75, 3.05) is 5.32 Å². The molecule has 9 heteroatoms. The Bertz CT molecular complexity index is 1250. The second kappa shape index (κ2) is 12.6. The molecule has 1 aliphatic carbocycles. The molecule has 0 radical (unpaired) electrons. The molecule has 3 amide bonds. The first-order chi connectivity index (χ1) is 18.0. The molecule has 0 saturated heterocycles. The quantitative estimate of drug-likeness (QED) is 0.408. The van der Waals surface area contributed by atoms with Crippen LogP contribution in [0.3, 0.4) is 0 Å². The summed E-state index contributed by atoms with van der Waals surface area (Å²) < 4.78 is 5.26. The molecule has 1 atom stereocenters. The fourth-order valence-corrected chi connectivity index (χ4v) is 4.21. The number of nitrogens with zero attached hydrogens (tertiary/aromatic N) is 2. The molecular weight excluding hydrogens is 470 g/mol. The molecule has 0 bridgehead atoms. The van der Waals surface area contributed by atoms with E-state index in [4.69, 9.17) is 4.74 Å². The summed E-state index contributed by atoms with van der Waals surface area (Å²) in [6.07, 6.45) is 4.38. The van der Waals surface area contributed by atoms with Crippen LogP contribution in [-0.2, 0) is 35.5 Å². The first-order valence-corrected chi connectivity index (χ1v) is 12.5. The minimum atomic E-state index is -0.548. The van der Waals surface area contributed by atoms with Crippen LogP contribution in [0.5, 0.6) is 0 Å². The highest BCUT2D eigenvalue weighted by Crippen LogP contribution is 2.21.